The highest BCUT2D eigenvalue weighted by atomic mass is 35.5. The van der Waals surface area contributed by atoms with Crippen LogP contribution in [0.3, 0.4) is 0 Å². The number of Topliss-reactive ketones (excluding diaryl/α,β-unsaturated/α-hetero) is 1. The highest BCUT2D eigenvalue weighted by Crippen LogP contribution is 2.24. The van der Waals surface area contributed by atoms with Crippen molar-refractivity contribution < 1.29 is 9.18 Å². The maximum atomic E-state index is 13.4. The lowest BCUT2D eigenvalue weighted by Gasteiger charge is -2.19. The van der Waals surface area contributed by atoms with Gasteiger partial charge in [0.05, 0.1) is 5.02 Å². The second-order valence-corrected chi connectivity index (χ2v) is 6.53. The lowest BCUT2D eigenvalue weighted by molar-refractivity contribution is 0.0992. The number of hydrogen-bond acceptors (Lipinski definition) is 1. The molecule has 0 aliphatic rings. The van der Waals surface area contributed by atoms with E-state index in [1.807, 2.05) is 24.3 Å². The highest BCUT2D eigenvalue weighted by molar-refractivity contribution is 6.34. The molecule has 2 rings (SSSR count). The molecule has 0 radical (unpaired) electrons. The number of halogens is 2. The first kappa shape index (κ1) is 15.7. The first-order chi connectivity index (χ1) is 9.79. The fourth-order valence-corrected chi connectivity index (χ4v) is 2.35. The maximum absolute atomic E-state index is 13.4. The molecule has 21 heavy (non-hydrogen) atoms. The number of hydrogen-bond donors (Lipinski definition) is 0. The molecule has 0 heterocycles. The molecule has 3 heteroatoms. The number of carbonyl (C=O) groups excluding carboxylic acids is 1. The lowest BCUT2D eigenvalue weighted by atomic mass is 9.86. The van der Waals surface area contributed by atoms with E-state index in [0.717, 1.165) is 5.56 Å². The van der Waals surface area contributed by atoms with Crippen LogP contribution in [0.15, 0.2) is 42.5 Å². The predicted octanol–water partition coefficient (Wildman–Crippen LogP) is 5.20. The summed E-state index contributed by atoms with van der Waals surface area (Å²) in [6.07, 6.45) is 0.216. The Labute approximate surface area is 129 Å². The Bertz CT molecular complexity index is 654. The van der Waals surface area contributed by atoms with Crippen LogP contribution in [0.4, 0.5) is 4.39 Å². The Kier molecular flexibility index (Phi) is 4.48. The molecule has 0 saturated heterocycles. The van der Waals surface area contributed by atoms with Crippen molar-refractivity contribution in [3.05, 3.63) is 70.0 Å². The Hall–Kier alpha value is -1.67. The van der Waals surface area contributed by atoms with Crippen molar-refractivity contribution in [1.82, 2.24) is 0 Å². The summed E-state index contributed by atoms with van der Waals surface area (Å²) >= 11 is 5.84. The second kappa shape index (κ2) is 5.98. The number of benzene rings is 2. The van der Waals surface area contributed by atoms with Crippen LogP contribution in [-0.4, -0.2) is 5.78 Å². The minimum absolute atomic E-state index is 0.0778. The lowest BCUT2D eigenvalue weighted by Crippen LogP contribution is -2.11. The molecule has 0 atom stereocenters. The van der Waals surface area contributed by atoms with Crippen LogP contribution >= 0.6 is 11.6 Å². The number of ketones is 1. The van der Waals surface area contributed by atoms with Crippen LogP contribution < -0.4 is 0 Å². The van der Waals surface area contributed by atoms with Crippen molar-refractivity contribution in [1.29, 1.82) is 0 Å². The summed E-state index contributed by atoms with van der Waals surface area (Å²) in [7, 11) is 0. The molecule has 0 unspecified atom stereocenters. The standard InChI is InChI=1S/C18H18ClFO/c1-18(2,3)13-9-7-12(8-10-13)11-16(21)14-5-4-6-15(20)17(14)19/h4-10H,11H2,1-3H3. The average molecular weight is 305 g/mol. The Morgan fingerprint density at radius 2 is 1.71 bits per heavy atom. The fraction of sp³-hybridized carbons (Fsp3) is 0.278. The van der Waals surface area contributed by atoms with Gasteiger partial charge in [-0.25, -0.2) is 4.39 Å². The predicted molar refractivity (Wildman–Crippen MR) is 84.6 cm³/mol. The van der Waals surface area contributed by atoms with Gasteiger partial charge in [-0.3, -0.25) is 4.79 Å². The molecular weight excluding hydrogens is 287 g/mol. The second-order valence-electron chi connectivity index (χ2n) is 6.15. The van der Waals surface area contributed by atoms with E-state index in [0.29, 0.717) is 0 Å². The van der Waals surface area contributed by atoms with E-state index in [1.165, 1.54) is 17.7 Å². The summed E-state index contributed by atoms with van der Waals surface area (Å²) in [4.78, 5) is 12.2. The van der Waals surface area contributed by atoms with Gasteiger partial charge in [0.1, 0.15) is 5.82 Å². The quantitative estimate of drug-likeness (QED) is 0.712. The SMILES string of the molecule is CC(C)(C)c1ccc(CC(=O)c2cccc(F)c2Cl)cc1. The van der Waals surface area contributed by atoms with Crippen LogP contribution in [0.1, 0.15) is 42.3 Å². The molecule has 2 aromatic rings. The van der Waals surface area contributed by atoms with Gasteiger partial charge in [0.15, 0.2) is 5.78 Å². The summed E-state index contributed by atoms with van der Waals surface area (Å²) < 4.78 is 13.4. The zero-order chi connectivity index (χ0) is 15.6. The van der Waals surface area contributed by atoms with Gasteiger partial charge in [-0.05, 0) is 28.7 Å². The molecule has 0 N–H and O–H groups in total. The van der Waals surface area contributed by atoms with Gasteiger partial charge >= 0.3 is 0 Å². The van der Waals surface area contributed by atoms with Crippen molar-refractivity contribution in [2.24, 2.45) is 0 Å². The monoisotopic (exact) mass is 304 g/mol. The van der Waals surface area contributed by atoms with Crippen LogP contribution in [0.25, 0.3) is 0 Å². The molecule has 0 aliphatic carbocycles. The zero-order valence-electron chi connectivity index (χ0n) is 12.4. The van der Waals surface area contributed by atoms with Crippen LogP contribution in [0.5, 0.6) is 0 Å². The minimum atomic E-state index is -0.564. The average Bonchev–Trinajstić information content (AvgIpc) is 2.41. The van der Waals surface area contributed by atoms with Crippen molar-refractivity contribution in [2.45, 2.75) is 32.6 Å². The van der Waals surface area contributed by atoms with Gasteiger partial charge < -0.3 is 0 Å². The van der Waals surface area contributed by atoms with Crippen LogP contribution in [0.2, 0.25) is 5.02 Å². The van der Waals surface area contributed by atoms with Crippen molar-refractivity contribution in [2.75, 3.05) is 0 Å². The molecule has 1 nitrogen and oxygen atoms in total. The molecule has 0 amide bonds. The van der Waals surface area contributed by atoms with Crippen molar-refractivity contribution >= 4 is 17.4 Å². The van der Waals surface area contributed by atoms with Gasteiger partial charge in [-0.1, -0.05) is 62.7 Å². The van der Waals surface area contributed by atoms with Gasteiger partial charge in [0.2, 0.25) is 0 Å². The molecule has 0 aliphatic heterocycles. The van der Waals surface area contributed by atoms with E-state index in [9.17, 15) is 9.18 Å². The van der Waals surface area contributed by atoms with E-state index in [-0.39, 0.29) is 28.2 Å². The van der Waals surface area contributed by atoms with Gasteiger partial charge in [-0.15, -0.1) is 0 Å². The Balaban J connectivity index is 2.18. The zero-order valence-corrected chi connectivity index (χ0v) is 13.2. The van der Waals surface area contributed by atoms with E-state index >= 15 is 0 Å². The van der Waals surface area contributed by atoms with Gasteiger partial charge in [-0.2, -0.15) is 0 Å². The van der Waals surface area contributed by atoms with Crippen molar-refractivity contribution in [3.8, 4) is 0 Å². The third kappa shape index (κ3) is 3.70. The van der Waals surface area contributed by atoms with Gasteiger partial charge in [0.25, 0.3) is 0 Å². The third-order valence-corrected chi connectivity index (χ3v) is 3.82. The molecule has 2 aromatic carbocycles. The summed E-state index contributed by atoms with van der Waals surface area (Å²) in [6.45, 7) is 6.42. The first-order valence-electron chi connectivity index (χ1n) is 6.85. The summed E-state index contributed by atoms with van der Waals surface area (Å²) in [5.41, 5.74) is 2.42. The Morgan fingerprint density at radius 3 is 2.29 bits per heavy atom. The smallest absolute Gasteiger partial charge is 0.168 e. The fourth-order valence-electron chi connectivity index (χ4n) is 2.12. The topological polar surface area (TPSA) is 17.1 Å². The number of rotatable bonds is 3. The maximum Gasteiger partial charge on any atom is 0.168 e. The van der Waals surface area contributed by atoms with Crippen LogP contribution in [-0.2, 0) is 11.8 Å². The summed E-state index contributed by atoms with van der Waals surface area (Å²) in [5, 5.41) is -0.103. The number of carbonyl (C=O) groups is 1. The molecule has 0 saturated carbocycles. The van der Waals surface area contributed by atoms with Gasteiger partial charge in [0, 0.05) is 12.0 Å². The van der Waals surface area contributed by atoms with E-state index in [4.69, 9.17) is 11.6 Å². The summed E-state index contributed by atoms with van der Waals surface area (Å²) in [6, 6.07) is 12.2. The van der Waals surface area contributed by atoms with Crippen LogP contribution in [0, 0.1) is 5.82 Å². The normalized spacial score (nSPS) is 11.5. The Morgan fingerprint density at radius 1 is 1.10 bits per heavy atom. The third-order valence-electron chi connectivity index (χ3n) is 3.44. The molecular formula is C18H18ClFO. The largest absolute Gasteiger partial charge is 0.294 e. The van der Waals surface area contributed by atoms with E-state index in [2.05, 4.69) is 20.8 Å². The van der Waals surface area contributed by atoms with E-state index < -0.39 is 5.82 Å². The summed E-state index contributed by atoms with van der Waals surface area (Å²) in [5.74, 6) is -0.742. The van der Waals surface area contributed by atoms with Crippen molar-refractivity contribution in [3.63, 3.8) is 0 Å². The molecule has 0 bridgehead atoms. The first-order valence-corrected chi connectivity index (χ1v) is 7.23. The highest BCUT2D eigenvalue weighted by Gasteiger charge is 2.16. The minimum Gasteiger partial charge on any atom is -0.294 e. The molecule has 0 fully saturated rings. The molecule has 0 spiro atoms. The molecule has 110 valence electrons. The molecule has 0 aromatic heterocycles. The van der Waals surface area contributed by atoms with E-state index in [1.54, 1.807) is 6.07 Å².